The Morgan fingerprint density at radius 3 is 2.75 bits per heavy atom. The molecule has 0 aliphatic carbocycles. The fraction of sp³-hybridized carbons (Fsp3) is 0.389. The van der Waals surface area contributed by atoms with Crippen molar-refractivity contribution in [3.8, 4) is 5.75 Å². The molecule has 132 valence electrons. The lowest BCUT2D eigenvalue weighted by Crippen LogP contribution is -2.39. The van der Waals surface area contributed by atoms with Crippen LogP contribution in [-0.2, 0) is 13.0 Å². The van der Waals surface area contributed by atoms with E-state index in [9.17, 15) is 0 Å². The zero-order valence-corrected chi connectivity index (χ0v) is 17.9. The average Bonchev–Trinajstić information content (AvgIpc) is 3.06. The highest BCUT2D eigenvalue weighted by Crippen LogP contribution is 2.16. The summed E-state index contributed by atoms with van der Waals surface area (Å²) in [5.74, 6) is 1.80. The molecule has 24 heavy (non-hydrogen) atoms. The molecule has 1 aromatic heterocycles. The number of thiophene rings is 1. The van der Waals surface area contributed by atoms with Crippen molar-refractivity contribution in [3.63, 3.8) is 0 Å². The molecule has 0 atom stereocenters. The van der Waals surface area contributed by atoms with Gasteiger partial charge in [-0.05, 0) is 48.1 Å². The SMILES string of the molecule is CN=C(NCc1cc(C)cc(OC)c1)N(C)CCc1cccs1.I. The fourth-order valence-electron chi connectivity index (χ4n) is 2.45. The summed E-state index contributed by atoms with van der Waals surface area (Å²) in [4.78, 5) is 7.93. The number of hydrogen-bond donors (Lipinski definition) is 1. The molecule has 1 heterocycles. The van der Waals surface area contributed by atoms with Gasteiger partial charge in [0.1, 0.15) is 5.75 Å². The van der Waals surface area contributed by atoms with E-state index in [0.717, 1.165) is 31.2 Å². The van der Waals surface area contributed by atoms with E-state index in [1.165, 1.54) is 16.0 Å². The number of nitrogens with one attached hydrogen (secondary N) is 1. The van der Waals surface area contributed by atoms with E-state index >= 15 is 0 Å². The van der Waals surface area contributed by atoms with Crippen molar-refractivity contribution in [1.82, 2.24) is 10.2 Å². The molecule has 0 fully saturated rings. The molecule has 0 unspecified atom stereocenters. The summed E-state index contributed by atoms with van der Waals surface area (Å²) in [5, 5.41) is 5.54. The number of guanidine groups is 1. The first kappa shape index (κ1) is 20.8. The van der Waals surface area contributed by atoms with Crippen molar-refractivity contribution in [2.24, 2.45) is 4.99 Å². The van der Waals surface area contributed by atoms with E-state index in [1.54, 1.807) is 18.4 Å². The molecule has 0 radical (unpaired) electrons. The van der Waals surface area contributed by atoms with E-state index < -0.39 is 0 Å². The minimum atomic E-state index is 0. The maximum atomic E-state index is 5.33. The molecular weight excluding hydrogens is 433 g/mol. The van der Waals surface area contributed by atoms with Crippen LogP contribution in [0.1, 0.15) is 16.0 Å². The minimum absolute atomic E-state index is 0. The molecule has 0 bridgehead atoms. The number of benzene rings is 1. The van der Waals surface area contributed by atoms with Gasteiger partial charge in [0.25, 0.3) is 0 Å². The van der Waals surface area contributed by atoms with Gasteiger partial charge in [-0.15, -0.1) is 35.3 Å². The highest BCUT2D eigenvalue weighted by atomic mass is 127. The fourth-order valence-corrected chi connectivity index (χ4v) is 3.15. The van der Waals surface area contributed by atoms with Crippen LogP contribution in [0.2, 0.25) is 0 Å². The number of aryl methyl sites for hydroxylation is 1. The molecule has 0 saturated heterocycles. The third kappa shape index (κ3) is 6.32. The normalized spacial score (nSPS) is 10.9. The van der Waals surface area contributed by atoms with Crippen LogP contribution < -0.4 is 10.1 Å². The second-order valence-corrected chi connectivity index (χ2v) is 6.54. The van der Waals surface area contributed by atoms with Crippen molar-refractivity contribution >= 4 is 41.3 Å². The third-order valence-corrected chi connectivity index (χ3v) is 4.58. The summed E-state index contributed by atoms with van der Waals surface area (Å²) in [6.45, 7) is 3.75. The van der Waals surface area contributed by atoms with Crippen LogP contribution in [0.15, 0.2) is 40.7 Å². The quantitative estimate of drug-likeness (QED) is 0.404. The summed E-state index contributed by atoms with van der Waals surface area (Å²) in [6.07, 6.45) is 1.03. The van der Waals surface area contributed by atoms with Gasteiger partial charge in [-0.2, -0.15) is 0 Å². The lowest BCUT2D eigenvalue weighted by atomic mass is 10.1. The molecule has 2 rings (SSSR count). The largest absolute Gasteiger partial charge is 0.497 e. The molecule has 0 aliphatic rings. The standard InChI is InChI=1S/C18H25N3OS.HI/c1-14-10-15(12-16(11-14)22-4)13-20-18(19-2)21(3)8-7-17-6-5-9-23-17;/h5-6,9-12H,7-8,13H2,1-4H3,(H,19,20);1H. The van der Waals surface area contributed by atoms with E-state index in [1.807, 2.05) is 13.1 Å². The van der Waals surface area contributed by atoms with Crippen LogP contribution in [0.3, 0.4) is 0 Å². The molecule has 4 nitrogen and oxygen atoms in total. The van der Waals surface area contributed by atoms with Gasteiger partial charge in [0, 0.05) is 32.1 Å². The van der Waals surface area contributed by atoms with Gasteiger partial charge >= 0.3 is 0 Å². The van der Waals surface area contributed by atoms with Crippen LogP contribution >= 0.6 is 35.3 Å². The van der Waals surface area contributed by atoms with Crippen molar-refractivity contribution in [3.05, 3.63) is 51.7 Å². The molecule has 1 aromatic carbocycles. The van der Waals surface area contributed by atoms with Gasteiger partial charge in [-0.25, -0.2) is 0 Å². The predicted molar refractivity (Wildman–Crippen MR) is 114 cm³/mol. The Balaban J connectivity index is 0.00000288. The molecule has 0 spiro atoms. The molecule has 2 aromatic rings. The van der Waals surface area contributed by atoms with Crippen molar-refractivity contribution < 1.29 is 4.74 Å². The number of halogens is 1. The molecule has 0 amide bonds. The van der Waals surface area contributed by atoms with E-state index in [0.29, 0.717) is 0 Å². The molecule has 6 heteroatoms. The van der Waals surface area contributed by atoms with Crippen LogP contribution in [-0.4, -0.2) is 38.6 Å². The van der Waals surface area contributed by atoms with E-state index in [2.05, 4.69) is 58.8 Å². The van der Waals surface area contributed by atoms with Crippen molar-refractivity contribution in [1.29, 1.82) is 0 Å². The monoisotopic (exact) mass is 459 g/mol. The van der Waals surface area contributed by atoms with Gasteiger partial charge in [-0.3, -0.25) is 4.99 Å². The van der Waals surface area contributed by atoms with Crippen LogP contribution in [0, 0.1) is 6.92 Å². The topological polar surface area (TPSA) is 36.9 Å². The first-order chi connectivity index (χ1) is 11.1. The summed E-state index contributed by atoms with van der Waals surface area (Å²) in [6, 6.07) is 10.5. The minimum Gasteiger partial charge on any atom is -0.497 e. The number of aliphatic imine (C=N–C) groups is 1. The molecule has 0 saturated carbocycles. The number of rotatable bonds is 6. The number of nitrogens with zero attached hydrogens (tertiary/aromatic N) is 2. The van der Waals surface area contributed by atoms with Gasteiger partial charge in [0.05, 0.1) is 7.11 Å². The summed E-state index contributed by atoms with van der Waals surface area (Å²) >= 11 is 1.80. The smallest absolute Gasteiger partial charge is 0.193 e. The van der Waals surface area contributed by atoms with E-state index in [4.69, 9.17) is 4.74 Å². The second kappa shape index (κ2) is 10.6. The zero-order chi connectivity index (χ0) is 16.7. The summed E-state index contributed by atoms with van der Waals surface area (Å²) in [5.41, 5.74) is 2.39. The lowest BCUT2D eigenvalue weighted by Gasteiger charge is -2.22. The van der Waals surface area contributed by atoms with Crippen molar-refractivity contribution in [2.75, 3.05) is 27.7 Å². The molecule has 0 aliphatic heterocycles. The Morgan fingerprint density at radius 2 is 2.12 bits per heavy atom. The number of hydrogen-bond acceptors (Lipinski definition) is 3. The lowest BCUT2D eigenvalue weighted by molar-refractivity contribution is 0.413. The first-order valence-corrected chi connectivity index (χ1v) is 8.59. The van der Waals surface area contributed by atoms with Gasteiger partial charge < -0.3 is 15.0 Å². The van der Waals surface area contributed by atoms with Crippen LogP contribution in [0.25, 0.3) is 0 Å². The predicted octanol–water partition coefficient (Wildman–Crippen LogP) is 3.93. The average molecular weight is 459 g/mol. The Bertz CT molecular complexity index is 644. The van der Waals surface area contributed by atoms with Gasteiger partial charge in [0.15, 0.2) is 5.96 Å². The Labute approximate surface area is 166 Å². The summed E-state index contributed by atoms with van der Waals surface area (Å²) in [7, 11) is 5.59. The first-order valence-electron chi connectivity index (χ1n) is 7.71. The zero-order valence-electron chi connectivity index (χ0n) is 14.7. The maximum absolute atomic E-state index is 5.33. The number of likely N-dealkylation sites (N-methyl/N-ethyl adjacent to an activating group) is 1. The van der Waals surface area contributed by atoms with Gasteiger partial charge in [-0.1, -0.05) is 12.1 Å². The Hall–Kier alpha value is -1.28. The highest BCUT2D eigenvalue weighted by molar-refractivity contribution is 14.0. The number of methoxy groups -OCH3 is 1. The summed E-state index contributed by atoms with van der Waals surface area (Å²) < 4.78 is 5.33. The van der Waals surface area contributed by atoms with Crippen LogP contribution in [0.4, 0.5) is 0 Å². The Kier molecular flexibility index (Phi) is 9.13. The second-order valence-electron chi connectivity index (χ2n) is 5.51. The van der Waals surface area contributed by atoms with E-state index in [-0.39, 0.29) is 24.0 Å². The van der Waals surface area contributed by atoms with Gasteiger partial charge in [0.2, 0.25) is 0 Å². The highest BCUT2D eigenvalue weighted by Gasteiger charge is 2.07. The molecule has 1 N–H and O–H groups in total. The third-order valence-electron chi connectivity index (χ3n) is 3.64. The molecular formula is C18H26IN3OS. The Morgan fingerprint density at radius 1 is 1.33 bits per heavy atom. The maximum Gasteiger partial charge on any atom is 0.193 e. The van der Waals surface area contributed by atoms with Crippen molar-refractivity contribution in [2.45, 2.75) is 19.9 Å². The number of ether oxygens (including phenoxy) is 1. The van der Waals surface area contributed by atoms with Crippen LogP contribution in [0.5, 0.6) is 5.75 Å².